The second kappa shape index (κ2) is 3.98. The van der Waals surface area contributed by atoms with Gasteiger partial charge in [0.25, 0.3) is 0 Å². The minimum atomic E-state index is -0.189. The molecule has 1 fully saturated rings. The van der Waals surface area contributed by atoms with Gasteiger partial charge in [-0.25, -0.2) is 0 Å². The van der Waals surface area contributed by atoms with E-state index in [1.807, 2.05) is 19.3 Å². The molecule has 5 heteroatoms. The molecule has 5 nitrogen and oxygen atoms in total. The van der Waals surface area contributed by atoms with Gasteiger partial charge >= 0.3 is 0 Å². The summed E-state index contributed by atoms with van der Waals surface area (Å²) in [6, 6.07) is 2.29. The van der Waals surface area contributed by atoms with Gasteiger partial charge in [-0.05, 0) is 6.42 Å². The van der Waals surface area contributed by atoms with Gasteiger partial charge in [0.2, 0.25) is 0 Å². The number of aliphatic hydroxyl groups excluding tert-OH is 1. The van der Waals surface area contributed by atoms with E-state index in [4.69, 9.17) is 0 Å². The fraction of sp³-hybridized carbons (Fsp3) is 0.667. The highest BCUT2D eigenvalue weighted by Gasteiger charge is 2.21. The molecule has 0 radical (unpaired) electrons. The molecule has 2 atom stereocenters. The number of rotatable bonds is 3. The van der Waals surface area contributed by atoms with Crippen molar-refractivity contribution in [3.8, 4) is 0 Å². The standard InChI is InChI=1S/C9H16N4O/c1-13-3-2-9(12-13)11-5-7-4-8(14)6-10-7/h2-3,7-8,10,14H,4-6H2,1H3,(H,11,12). The Morgan fingerprint density at radius 2 is 2.64 bits per heavy atom. The lowest BCUT2D eigenvalue weighted by molar-refractivity contribution is 0.193. The number of anilines is 1. The van der Waals surface area contributed by atoms with Crippen molar-refractivity contribution in [1.82, 2.24) is 15.1 Å². The highest BCUT2D eigenvalue weighted by Crippen LogP contribution is 2.07. The number of β-amino-alcohol motifs (C(OH)–C–C–N with tert-alkyl or cyclic N) is 1. The molecule has 2 rings (SSSR count). The first-order chi connectivity index (χ1) is 6.74. The molecule has 14 heavy (non-hydrogen) atoms. The summed E-state index contributed by atoms with van der Waals surface area (Å²) in [6.07, 6.45) is 2.53. The maximum atomic E-state index is 9.29. The number of nitrogens with one attached hydrogen (secondary N) is 2. The predicted octanol–water partition coefficient (Wildman–Crippen LogP) is -0.445. The zero-order valence-corrected chi connectivity index (χ0v) is 8.27. The molecule has 78 valence electrons. The normalized spacial score (nSPS) is 26.7. The molecule has 2 heterocycles. The summed E-state index contributed by atoms with van der Waals surface area (Å²) in [5.74, 6) is 0.885. The first-order valence-corrected chi connectivity index (χ1v) is 4.89. The lowest BCUT2D eigenvalue weighted by Gasteiger charge is -2.10. The van der Waals surface area contributed by atoms with Crippen LogP contribution in [0.4, 0.5) is 5.82 Å². The predicted molar refractivity (Wildman–Crippen MR) is 54.1 cm³/mol. The van der Waals surface area contributed by atoms with Crippen LogP contribution >= 0.6 is 0 Å². The van der Waals surface area contributed by atoms with Crippen LogP contribution in [0.2, 0.25) is 0 Å². The van der Waals surface area contributed by atoms with Crippen molar-refractivity contribution < 1.29 is 5.11 Å². The van der Waals surface area contributed by atoms with Crippen molar-refractivity contribution in [1.29, 1.82) is 0 Å². The van der Waals surface area contributed by atoms with Crippen LogP contribution in [0.3, 0.4) is 0 Å². The van der Waals surface area contributed by atoms with E-state index in [9.17, 15) is 5.11 Å². The molecule has 1 saturated heterocycles. The van der Waals surface area contributed by atoms with Crippen molar-refractivity contribution in [2.75, 3.05) is 18.4 Å². The lowest BCUT2D eigenvalue weighted by atomic mass is 10.2. The molecular weight excluding hydrogens is 180 g/mol. The topological polar surface area (TPSA) is 62.1 Å². The summed E-state index contributed by atoms with van der Waals surface area (Å²) in [5, 5.41) is 20.0. The van der Waals surface area contributed by atoms with Crippen LogP contribution in [0.1, 0.15) is 6.42 Å². The average Bonchev–Trinajstić information content (AvgIpc) is 2.72. The second-order valence-corrected chi connectivity index (χ2v) is 3.75. The maximum absolute atomic E-state index is 9.29. The van der Waals surface area contributed by atoms with E-state index in [1.165, 1.54) is 0 Å². The van der Waals surface area contributed by atoms with Gasteiger partial charge in [0.1, 0.15) is 5.82 Å². The van der Waals surface area contributed by atoms with Crippen molar-refractivity contribution in [3.63, 3.8) is 0 Å². The van der Waals surface area contributed by atoms with Gasteiger partial charge in [-0.15, -0.1) is 0 Å². The lowest BCUT2D eigenvalue weighted by Crippen LogP contribution is -2.29. The smallest absolute Gasteiger partial charge is 0.148 e. The molecule has 0 amide bonds. The third kappa shape index (κ3) is 2.24. The Morgan fingerprint density at radius 3 is 3.21 bits per heavy atom. The van der Waals surface area contributed by atoms with Crippen LogP contribution in [-0.2, 0) is 7.05 Å². The van der Waals surface area contributed by atoms with E-state index in [-0.39, 0.29) is 6.10 Å². The van der Waals surface area contributed by atoms with Crippen molar-refractivity contribution in [3.05, 3.63) is 12.3 Å². The maximum Gasteiger partial charge on any atom is 0.148 e. The van der Waals surface area contributed by atoms with Crippen LogP contribution in [0.15, 0.2) is 12.3 Å². The van der Waals surface area contributed by atoms with Gasteiger partial charge < -0.3 is 15.7 Å². The third-order valence-electron chi connectivity index (χ3n) is 2.44. The molecule has 1 aliphatic heterocycles. The minimum absolute atomic E-state index is 0.189. The van der Waals surface area contributed by atoms with E-state index in [0.29, 0.717) is 12.6 Å². The van der Waals surface area contributed by atoms with Crippen molar-refractivity contribution >= 4 is 5.82 Å². The van der Waals surface area contributed by atoms with Crippen LogP contribution in [-0.4, -0.2) is 40.1 Å². The summed E-state index contributed by atoms with van der Waals surface area (Å²) in [5.41, 5.74) is 0. The van der Waals surface area contributed by atoms with Crippen LogP contribution in [0.25, 0.3) is 0 Å². The Bertz CT molecular complexity index is 299. The van der Waals surface area contributed by atoms with Crippen LogP contribution in [0, 0.1) is 0 Å². The number of nitrogens with zero attached hydrogens (tertiary/aromatic N) is 2. The van der Waals surface area contributed by atoms with Crippen molar-refractivity contribution in [2.45, 2.75) is 18.6 Å². The monoisotopic (exact) mass is 196 g/mol. The van der Waals surface area contributed by atoms with E-state index in [2.05, 4.69) is 15.7 Å². The summed E-state index contributed by atoms with van der Waals surface area (Å²) in [4.78, 5) is 0. The second-order valence-electron chi connectivity index (χ2n) is 3.75. The van der Waals surface area contributed by atoms with Crippen LogP contribution in [0.5, 0.6) is 0 Å². The van der Waals surface area contributed by atoms with E-state index < -0.39 is 0 Å². The zero-order valence-electron chi connectivity index (χ0n) is 8.27. The minimum Gasteiger partial charge on any atom is -0.392 e. The summed E-state index contributed by atoms with van der Waals surface area (Å²) in [6.45, 7) is 1.52. The molecule has 0 aromatic carbocycles. The fourth-order valence-corrected chi connectivity index (χ4v) is 1.69. The van der Waals surface area contributed by atoms with E-state index >= 15 is 0 Å². The summed E-state index contributed by atoms with van der Waals surface area (Å²) in [7, 11) is 1.89. The SMILES string of the molecule is Cn1ccc(NCC2CC(O)CN2)n1. The first kappa shape index (κ1) is 9.48. The van der Waals surface area contributed by atoms with E-state index in [0.717, 1.165) is 18.8 Å². The molecule has 1 aliphatic rings. The Morgan fingerprint density at radius 1 is 1.79 bits per heavy atom. The molecule has 2 unspecified atom stereocenters. The number of aromatic nitrogens is 2. The van der Waals surface area contributed by atoms with Gasteiger partial charge in [-0.1, -0.05) is 0 Å². The number of aliphatic hydroxyl groups is 1. The van der Waals surface area contributed by atoms with Gasteiger partial charge in [0, 0.05) is 38.4 Å². The Balaban J connectivity index is 1.77. The van der Waals surface area contributed by atoms with Crippen molar-refractivity contribution in [2.24, 2.45) is 7.05 Å². The van der Waals surface area contributed by atoms with Gasteiger partial charge in [-0.3, -0.25) is 4.68 Å². The molecule has 3 N–H and O–H groups in total. The third-order valence-corrected chi connectivity index (χ3v) is 2.44. The Labute approximate surface area is 83.1 Å². The highest BCUT2D eigenvalue weighted by atomic mass is 16.3. The summed E-state index contributed by atoms with van der Waals surface area (Å²) < 4.78 is 1.76. The quantitative estimate of drug-likeness (QED) is 0.613. The van der Waals surface area contributed by atoms with Gasteiger partial charge in [0.05, 0.1) is 6.10 Å². The number of hydrogen-bond acceptors (Lipinski definition) is 4. The van der Waals surface area contributed by atoms with Crippen LogP contribution < -0.4 is 10.6 Å². The molecule has 1 aromatic heterocycles. The summed E-state index contributed by atoms with van der Waals surface area (Å²) >= 11 is 0. The molecule has 0 saturated carbocycles. The largest absolute Gasteiger partial charge is 0.392 e. The highest BCUT2D eigenvalue weighted by molar-refractivity contribution is 5.32. The molecule has 0 aliphatic carbocycles. The zero-order chi connectivity index (χ0) is 9.97. The Hall–Kier alpha value is -1.07. The Kier molecular flexibility index (Phi) is 2.69. The van der Waals surface area contributed by atoms with Gasteiger partial charge in [-0.2, -0.15) is 5.10 Å². The molecule has 0 bridgehead atoms. The number of aryl methyl sites for hydroxylation is 1. The average molecular weight is 196 g/mol. The fourth-order valence-electron chi connectivity index (χ4n) is 1.69. The first-order valence-electron chi connectivity index (χ1n) is 4.89. The molecular formula is C9H16N4O. The molecule has 1 aromatic rings. The molecule has 0 spiro atoms. The van der Waals surface area contributed by atoms with E-state index in [1.54, 1.807) is 4.68 Å². The number of hydrogen-bond donors (Lipinski definition) is 3. The van der Waals surface area contributed by atoms with Gasteiger partial charge in [0.15, 0.2) is 0 Å².